The molecule has 0 unspecified atom stereocenters. The monoisotopic (exact) mass is 310 g/mol. The van der Waals surface area contributed by atoms with Gasteiger partial charge in [0.25, 0.3) is 0 Å². The molecular formula is C18H32NO3+. The Balaban J connectivity index is 2.51. The summed E-state index contributed by atoms with van der Waals surface area (Å²) < 4.78 is 5.73. The Morgan fingerprint density at radius 1 is 1.27 bits per heavy atom. The number of ether oxygens (including phenoxy) is 1. The summed E-state index contributed by atoms with van der Waals surface area (Å²) in [6, 6.07) is 6.36. The number of aliphatic hydroxyl groups excluding tert-OH is 2. The summed E-state index contributed by atoms with van der Waals surface area (Å²) in [5, 5.41) is 21.1. The molecule has 126 valence electrons. The Kier molecular flexibility index (Phi) is 7.33. The molecule has 4 nitrogen and oxygen atoms in total. The number of rotatable bonds is 8. The van der Waals surface area contributed by atoms with Crippen molar-refractivity contribution in [2.24, 2.45) is 0 Å². The van der Waals surface area contributed by atoms with E-state index in [9.17, 15) is 5.11 Å². The van der Waals surface area contributed by atoms with Crippen LogP contribution < -0.4 is 10.1 Å². The summed E-state index contributed by atoms with van der Waals surface area (Å²) in [6.45, 7) is 11.6. The van der Waals surface area contributed by atoms with E-state index in [-0.39, 0.29) is 24.7 Å². The van der Waals surface area contributed by atoms with E-state index < -0.39 is 6.10 Å². The van der Waals surface area contributed by atoms with Gasteiger partial charge >= 0.3 is 0 Å². The van der Waals surface area contributed by atoms with E-state index in [0.717, 1.165) is 17.7 Å². The molecule has 0 aromatic heterocycles. The highest BCUT2D eigenvalue weighted by Crippen LogP contribution is 2.27. The molecule has 0 aliphatic rings. The molecule has 0 saturated heterocycles. The minimum Gasteiger partial charge on any atom is -0.490 e. The van der Waals surface area contributed by atoms with Gasteiger partial charge in [0, 0.05) is 0 Å². The molecule has 0 bridgehead atoms. The van der Waals surface area contributed by atoms with Gasteiger partial charge in [-0.05, 0) is 36.0 Å². The molecule has 0 amide bonds. The van der Waals surface area contributed by atoms with Crippen LogP contribution >= 0.6 is 0 Å². The summed E-state index contributed by atoms with van der Waals surface area (Å²) in [4.78, 5) is 0. The van der Waals surface area contributed by atoms with Crippen molar-refractivity contribution in [3.63, 3.8) is 0 Å². The molecule has 1 aromatic carbocycles. The van der Waals surface area contributed by atoms with Crippen molar-refractivity contribution in [2.75, 3.05) is 19.8 Å². The normalized spacial score (nSPS) is 14.7. The van der Waals surface area contributed by atoms with E-state index in [1.807, 2.05) is 25.2 Å². The predicted molar refractivity (Wildman–Crippen MR) is 89.3 cm³/mol. The molecular weight excluding hydrogens is 278 g/mol. The van der Waals surface area contributed by atoms with Gasteiger partial charge in [0.2, 0.25) is 0 Å². The number of aliphatic hydroxyl groups is 2. The molecule has 1 rings (SSSR count). The fourth-order valence-corrected chi connectivity index (χ4v) is 2.25. The van der Waals surface area contributed by atoms with Gasteiger partial charge in [-0.2, -0.15) is 0 Å². The van der Waals surface area contributed by atoms with E-state index in [0.29, 0.717) is 6.54 Å². The van der Waals surface area contributed by atoms with Gasteiger partial charge in [-0.1, -0.05) is 39.8 Å². The van der Waals surface area contributed by atoms with E-state index in [4.69, 9.17) is 9.84 Å². The van der Waals surface area contributed by atoms with Gasteiger partial charge in [0.15, 0.2) is 0 Å². The van der Waals surface area contributed by atoms with Crippen LogP contribution in [0.4, 0.5) is 0 Å². The Bertz CT molecular complexity index is 450. The second-order valence-electron chi connectivity index (χ2n) is 7.02. The highest BCUT2D eigenvalue weighted by Gasteiger charge is 2.16. The molecule has 0 aliphatic heterocycles. The lowest BCUT2D eigenvalue weighted by Gasteiger charge is -2.21. The largest absolute Gasteiger partial charge is 0.490 e. The van der Waals surface area contributed by atoms with Crippen LogP contribution in [-0.2, 0) is 5.41 Å². The van der Waals surface area contributed by atoms with Crippen molar-refractivity contribution in [3.8, 4) is 5.75 Å². The Morgan fingerprint density at radius 3 is 2.45 bits per heavy atom. The molecule has 4 heteroatoms. The zero-order chi connectivity index (χ0) is 16.8. The van der Waals surface area contributed by atoms with Gasteiger partial charge in [-0.3, -0.25) is 0 Å². The van der Waals surface area contributed by atoms with Crippen molar-refractivity contribution in [2.45, 2.75) is 58.6 Å². The van der Waals surface area contributed by atoms with Crippen molar-refractivity contribution < 1.29 is 20.3 Å². The summed E-state index contributed by atoms with van der Waals surface area (Å²) in [6.07, 6.45) is 0.347. The summed E-state index contributed by atoms with van der Waals surface area (Å²) >= 11 is 0. The summed E-state index contributed by atoms with van der Waals surface area (Å²) in [7, 11) is 0. The van der Waals surface area contributed by atoms with Crippen LogP contribution in [-0.4, -0.2) is 42.1 Å². The third kappa shape index (κ3) is 5.95. The average Bonchev–Trinajstić information content (AvgIpc) is 2.46. The maximum absolute atomic E-state index is 9.99. The van der Waals surface area contributed by atoms with Crippen molar-refractivity contribution in [1.29, 1.82) is 0 Å². The minimum atomic E-state index is -0.540. The molecule has 0 fully saturated rings. The molecule has 1 aromatic rings. The third-order valence-corrected chi connectivity index (χ3v) is 3.97. The smallest absolute Gasteiger partial charge is 0.137 e. The third-order valence-electron chi connectivity index (χ3n) is 3.97. The maximum Gasteiger partial charge on any atom is 0.137 e. The summed E-state index contributed by atoms with van der Waals surface area (Å²) in [5.41, 5.74) is 2.49. The number of hydrogen-bond donors (Lipinski definition) is 3. The van der Waals surface area contributed by atoms with Gasteiger partial charge < -0.3 is 20.3 Å². The highest BCUT2D eigenvalue weighted by molar-refractivity contribution is 5.38. The predicted octanol–water partition coefficient (Wildman–Crippen LogP) is 1.37. The number of nitrogens with two attached hydrogens (primary N) is 1. The zero-order valence-electron chi connectivity index (χ0n) is 14.6. The standard InChI is InChI=1S/C18H31NO3/c1-6-15(11-20)19-10-16(21)12-22-17-8-7-14(9-13(17)2)18(3,4)5/h7-9,15-16,19-21H,6,10-12H2,1-5H3/p+1/t15-,16+/m0/s1. The molecule has 0 heterocycles. The van der Waals surface area contributed by atoms with Crippen LogP contribution in [0.5, 0.6) is 5.75 Å². The number of hydrogen-bond acceptors (Lipinski definition) is 3. The lowest BCUT2D eigenvalue weighted by Crippen LogP contribution is -2.92. The Labute approximate surface area is 134 Å². The van der Waals surface area contributed by atoms with E-state index >= 15 is 0 Å². The molecule has 0 aliphatic carbocycles. The van der Waals surface area contributed by atoms with E-state index in [1.165, 1.54) is 5.56 Å². The topological polar surface area (TPSA) is 66.3 Å². The molecule has 22 heavy (non-hydrogen) atoms. The quantitative estimate of drug-likeness (QED) is 0.679. The van der Waals surface area contributed by atoms with Crippen LogP contribution in [0, 0.1) is 6.92 Å². The lowest BCUT2D eigenvalue weighted by molar-refractivity contribution is -0.696. The molecule has 0 radical (unpaired) electrons. The first-order chi connectivity index (χ1) is 10.3. The molecule has 0 saturated carbocycles. The minimum absolute atomic E-state index is 0.122. The summed E-state index contributed by atoms with van der Waals surface area (Å²) in [5.74, 6) is 0.821. The fourth-order valence-electron chi connectivity index (χ4n) is 2.25. The number of quaternary nitrogens is 1. The van der Waals surface area contributed by atoms with Gasteiger partial charge in [-0.15, -0.1) is 0 Å². The second-order valence-corrected chi connectivity index (χ2v) is 7.02. The van der Waals surface area contributed by atoms with Crippen LogP contribution in [0.2, 0.25) is 0 Å². The SMILES string of the molecule is CC[C@@H](CO)[NH2+]C[C@@H](O)COc1ccc(C(C)(C)C)cc1C. The lowest BCUT2D eigenvalue weighted by atomic mass is 9.86. The number of benzene rings is 1. The van der Waals surface area contributed by atoms with Gasteiger partial charge in [0.05, 0.1) is 6.61 Å². The fraction of sp³-hybridized carbons (Fsp3) is 0.667. The Morgan fingerprint density at radius 2 is 1.95 bits per heavy atom. The first kappa shape index (κ1) is 18.9. The van der Waals surface area contributed by atoms with Crippen LogP contribution in [0.25, 0.3) is 0 Å². The van der Waals surface area contributed by atoms with E-state index in [1.54, 1.807) is 0 Å². The zero-order valence-corrected chi connectivity index (χ0v) is 14.6. The van der Waals surface area contributed by atoms with Gasteiger partial charge in [-0.25, -0.2) is 0 Å². The highest BCUT2D eigenvalue weighted by atomic mass is 16.5. The molecule has 4 N–H and O–H groups in total. The van der Waals surface area contributed by atoms with Crippen LogP contribution in [0.15, 0.2) is 18.2 Å². The second kappa shape index (κ2) is 8.51. The molecule has 0 spiro atoms. The Hall–Kier alpha value is -1.10. The first-order valence-corrected chi connectivity index (χ1v) is 8.14. The number of aryl methyl sites for hydroxylation is 1. The van der Waals surface area contributed by atoms with Crippen molar-refractivity contribution >= 4 is 0 Å². The van der Waals surface area contributed by atoms with Crippen molar-refractivity contribution in [3.05, 3.63) is 29.3 Å². The van der Waals surface area contributed by atoms with Crippen molar-refractivity contribution in [1.82, 2.24) is 0 Å². The van der Waals surface area contributed by atoms with Crippen LogP contribution in [0.1, 0.15) is 45.2 Å². The maximum atomic E-state index is 9.99. The average molecular weight is 310 g/mol. The van der Waals surface area contributed by atoms with Crippen LogP contribution in [0.3, 0.4) is 0 Å². The molecule has 2 atom stereocenters. The van der Waals surface area contributed by atoms with Gasteiger partial charge in [0.1, 0.15) is 31.0 Å². The first-order valence-electron chi connectivity index (χ1n) is 8.14. The van der Waals surface area contributed by atoms with E-state index in [2.05, 4.69) is 32.9 Å².